The fraction of sp³-hybridized carbons (Fsp3) is 0.833. The summed E-state index contributed by atoms with van der Waals surface area (Å²) in [5.41, 5.74) is 0. The lowest BCUT2D eigenvalue weighted by Gasteiger charge is -2.37. The Morgan fingerprint density at radius 2 is 1.93 bits per heavy atom. The van der Waals surface area contributed by atoms with Crippen molar-refractivity contribution in [3.63, 3.8) is 0 Å². The summed E-state index contributed by atoms with van der Waals surface area (Å²) in [6.07, 6.45) is 2.90. The van der Waals surface area contributed by atoms with Crippen LogP contribution in [0.3, 0.4) is 0 Å². The molecule has 1 atom stereocenters. The van der Waals surface area contributed by atoms with Gasteiger partial charge in [-0.05, 0) is 31.6 Å². The van der Waals surface area contributed by atoms with Crippen LogP contribution in [0.25, 0.3) is 0 Å². The molecular weight excluding hydrogens is 202 g/mol. The molecule has 0 aliphatic rings. The van der Waals surface area contributed by atoms with Crippen molar-refractivity contribution in [2.75, 3.05) is 13.7 Å². The Hall–Kier alpha value is -0.123. The second kappa shape index (κ2) is 5.82. The summed E-state index contributed by atoms with van der Waals surface area (Å²) in [6.45, 7) is 15.9. The number of hydrogen-bond donors (Lipinski definition) is 1. The first-order valence-electron chi connectivity index (χ1n) is 5.66. The molecule has 0 heterocycles. The minimum absolute atomic E-state index is 0.291. The molecule has 0 rings (SSSR count). The van der Waals surface area contributed by atoms with Crippen molar-refractivity contribution in [3.05, 3.63) is 12.7 Å². The Kier molecular flexibility index (Phi) is 5.78. The van der Waals surface area contributed by atoms with E-state index in [1.165, 1.54) is 0 Å². The third kappa shape index (κ3) is 4.95. The molecule has 0 aliphatic carbocycles. The number of likely N-dealkylation sites (N-methyl/N-ethyl adjacent to an activating group) is 1. The number of hydrogen-bond acceptors (Lipinski definition) is 2. The first-order chi connectivity index (χ1) is 6.74. The maximum Gasteiger partial charge on any atom is 0.192 e. The molecule has 0 fully saturated rings. The molecule has 0 amide bonds. The van der Waals surface area contributed by atoms with Crippen molar-refractivity contribution in [3.8, 4) is 0 Å². The topological polar surface area (TPSA) is 21.3 Å². The van der Waals surface area contributed by atoms with Crippen molar-refractivity contribution >= 4 is 8.32 Å². The van der Waals surface area contributed by atoms with Gasteiger partial charge in [0.25, 0.3) is 0 Å². The van der Waals surface area contributed by atoms with Crippen LogP contribution in [0.1, 0.15) is 27.2 Å². The molecule has 1 N–H and O–H groups in total. The average Bonchev–Trinajstić information content (AvgIpc) is 2.10. The van der Waals surface area contributed by atoms with Gasteiger partial charge in [-0.1, -0.05) is 26.8 Å². The van der Waals surface area contributed by atoms with Crippen molar-refractivity contribution in [2.45, 2.75) is 51.4 Å². The van der Waals surface area contributed by atoms with Gasteiger partial charge in [-0.2, -0.15) is 0 Å². The van der Waals surface area contributed by atoms with Crippen LogP contribution in [0, 0.1) is 0 Å². The van der Waals surface area contributed by atoms with E-state index in [9.17, 15) is 0 Å². The van der Waals surface area contributed by atoms with Gasteiger partial charge in [0, 0.05) is 12.6 Å². The lowest BCUT2D eigenvalue weighted by Crippen LogP contribution is -2.44. The molecule has 0 aromatic rings. The highest BCUT2D eigenvalue weighted by atomic mass is 28.4. The van der Waals surface area contributed by atoms with Gasteiger partial charge in [-0.15, -0.1) is 6.58 Å². The molecule has 0 aromatic heterocycles. The van der Waals surface area contributed by atoms with Crippen molar-refractivity contribution < 1.29 is 4.43 Å². The van der Waals surface area contributed by atoms with Gasteiger partial charge >= 0.3 is 0 Å². The molecule has 0 aromatic carbocycles. The van der Waals surface area contributed by atoms with Gasteiger partial charge < -0.3 is 9.74 Å². The van der Waals surface area contributed by atoms with E-state index in [4.69, 9.17) is 4.43 Å². The SMILES string of the molecule is C=CC[C@@H](CO[Si](C)(C)C(C)(C)C)NC. The molecule has 3 heteroatoms. The molecular formula is C12H27NOSi. The van der Waals surface area contributed by atoms with E-state index in [0.29, 0.717) is 11.1 Å². The van der Waals surface area contributed by atoms with Gasteiger partial charge in [0.05, 0.1) is 0 Å². The van der Waals surface area contributed by atoms with Crippen LogP contribution < -0.4 is 5.32 Å². The molecule has 0 radical (unpaired) electrons. The highest BCUT2D eigenvalue weighted by molar-refractivity contribution is 6.74. The monoisotopic (exact) mass is 229 g/mol. The molecule has 90 valence electrons. The Morgan fingerprint density at radius 1 is 1.40 bits per heavy atom. The highest BCUT2D eigenvalue weighted by Gasteiger charge is 2.37. The van der Waals surface area contributed by atoms with Crippen LogP contribution in [-0.2, 0) is 4.43 Å². The number of rotatable bonds is 6. The van der Waals surface area contributed by atoms with Crippen LogP contribution in [0.2, 0.25) is 18.1 Å². The summed E-state index contributed by atoms with van der Waals surface area (Å²) in [7, 11) is 0.388. The van der Waals surface area contributed by atoms with E-state index in [1.807, 2.05) is 13.1 Å². The van der Waals surface area contributed by atoms with Crippen LogP contribution >= 0.6 is 0 Å². The summed E-state index contributed by atoms with van der Waals surface area (Å²) in [4.78, 5) is 0. The Labute approximate surface area is 96.2 Å². The second-order valence-corrected chi connectivity index (χ2v) is 10.4. The van der Waals surface area contributed by atoms with E-state index >= 15 is 0 Å². The quantitative estimate of drug-likeness (QED) is 0.558. The summed E-state index contributed by atoms with van der Waals surface area (Å²) in [6, 6.07) is 0.400. The van der Waals surface area contributed by atoms with Crippen LogP contribution in [-0.4, -0.2) is 28.0 Å². The standard InChI is InChI=1S/C12H27NOSi/c1-8-9-11(13-5)10-14-15(6,7)12(2,3)4/h8,11,13H,1,9-10H2,2-7H3/t11-/m0/s1. The van der Waals surface area contributed by atoms with E-state index in [1.54, 1.807) is 0 Å². The zero-order valence-corrected chi connectivity index (χ0v) is 12.2. The summed E-state index contributed by atoms with van der Waals surface area (Å²) < 4.78 is 6.13. The van der Waals surface area contributed by atoms with Gasteiger partial charge in [0.1, 0.15) is 0 Å². The van der Waals surface area contributed by atoms with Crippen molar-refractivity contribution in [2.24, 2.45) is 0 Å². The molecule has 0 bridgehead atoms. The molecule has 0 aliphatic heterocycles. The van der Waals surface area contributed by atoms with Gasteiger partial charge in [0.15, 0.2) is 8.32 Å². The van der Waals surface area contributed by atoms with E-state index in [-0.39, 0.29) is 0 Å². The number of nitrogens with one attached hydrogen (secondary N) is 1. The Bertz CT molecular complexity index is 196. The zero-order chi connectivity index (χ0) is 12.1. The highest BCUT2D eigenvalue weighted by Crippen LogP contribution is 2.36. The molecule has 0 unspecified atom stereocenters. The van der Waals surface area contributed by atoms with Crippen molar-refractivity contribution in [1.29, 1.82) is 0 Å². The molecule has 15 heavy (non-hydrogen) atoms. The van der Waals surface area contributed by atoms with Gasteiger partial charge in [0.2, 0.25) is 0 Å². The lowest BCUT2D eigenvalue weighted by atomic mass is 10.2. The smallest absolute Gasteiger partial charge is 0.192 e. The van der Waals surface area contributed by atoms with Crippen LogP contribution in [0.5, 0.6) is 0 Å². The minimum atomic E-state index is -1.59. The Morgan fingerprint density at radius 3 is 2.27 bits per heavy atom. The lowest BCUT2D eigenvalue weighted by molar-refractivity contribution is 0.248. The molecule has 0 saturated heterocycles. The normalized spacial score (nSPS) is 15.1. The fourth-order valence-electron chi connectivity index (χ4n) is 0.996. The fourth-order valence-corrected chi connectivity index (χ4v) is 2.05. The average molecular weight is 229 g/mol. The maximum atomic E-state index is 6.13. The molecule has 2 nitrogen and oxygen atoms in total. The zero-order valence-electron chi connectivity index (χ0n) is 11.2. The molecule has 0 spiro atoms. The van der Waals surface area contributed by atoms with Crippen LogP contribution in [0.15, 0.2) is 12.7 Å². The third-order valence-corrected chi connectivity index (χ3v) is 7.81. The van der Waals surface area contributed by atoms with Gasteiger partial charge in [-0.3, -0.25) is 0 Å². The van der Waals surface area contributed by atoms with E-state index < -0.39 is 8.32 Å². The predicted octanol–water partition coefficient (Wildman–Crippen LogP) is 3.17. The molecule has 0 saturated carbocycles. The second-order valence-electron chi connectivity index (χ2n) is 5.58. The predicted molar refractivity (Wildman–Crippen MR) is 70.8 cm³/mol. The van der Waals surface area contributed by atoms with Crippen molar-refractivity contribution in [1.82, 2.24) is 5.32 Å². The third-order valence-electron chi connectivity index (χ3n) is 3.31. The maximum absolute atomic E-state index is 6.13. The Balaban J connectivity index is 4.18. The first kappa shape index (κ1) is 14.9. The largest absolute Gasteiger partial charge is 0.415 e. The van der Waals surface area contributed by atoms with E-state index in [2.05, 4.69) is 45.8 Å². The summed E-state index contributed by atoms with van der Waals surface area (Å²) in [5.74, 6) is 0. The summed E-state index contributed by atoms with van der Waals surface area (Å²) >= 11 is 0. The van der Waals surface area contributed by atoms with Crippen LogP contribution in [0.4, 0.5) is 0 Å². The van der Waals surface area contributed by atoms with Gasteiger partial charge in [-0.25, -0.2) is 0 Å². The van der Waals surface area contributed by atoms with E-state index in [0.717, 1.165) is 13.0 Å². The minimum Gasteiger partial charge on any atom is -0.415 e. The summed E-state index contributed by atoms with van der Waals surface area (Å²) in [5, 5.41) is 3.54. The first-order valence-corrected chi connectivity index (χ1v) is 8.57.